The van der Waals surface area contributed by atoms with Crippen molar-refractivity contribution in [3.63, 3.8) is 0 Å². The van der Waals surface area contributed by atoms with Gasteiger partial charge in [-0.2, -0.15) is 0 Å². The molecule has 56 valence electrons. The quantitative estimate of drug-likeness (QED) is 0.655. The van der Waals surface area contributed by atoms with Gasteiger partial charge in [-0.15, -0.1) is 12.4 Å². The molecule has 0 aliphatic carbocycles. The van der Waals surface area contributed by atoms with Crippen LogP contribution in [0.1, 0.15) is 0 Å². The molecule has 0 aromatic rings. The van der Waals surface area contributed by atoms with Crippen molar-refractivity contribution in [2.24, 2.45) is 5.73 Å². The van der Waals surface area contributed by atoms with Crippen LogP contribution < -0.4 is 5.73 Å². The summed E-state index contributed by atoms with van der Waals surface area (Å²) in [5.41, 5.74) is 5.14. The van der Waals surface area contributed by atoms with Crippen LogP contribution in [-0.2, 0) is 4.79 Å². The van der Waals surface area contributed by atoms with Crippen LogP contribution in [0.25, 0.3) is 0 Å². The fourth-order valence-electron chi connectivity index (χ4n) is 0.251. The molecule has 0 aromatic heterocycles. The second-order valence-corrected chi connectivity index (χ2v) is 3.31. The van der Waals surface area contributed by atoms with E-state index in [1.165, 1.54) is 0 Å². The van der Waals surface area contributed by atoms with E-state index in [2.05, 4.69) is 0 Å². The van der Waals surface area contributed by atoms with Crippen LogP contribution in [0.2, 0.25) is 11.1 Å². The molecule has 5 heteroatoms. The van der Waals surface area contributed by atoms with E-state index >= 15 is 0 Å². The maximum Gasteiger partial charge on any atom is -0.147 e. The number of carboxylic acid groups (broad SMARTS) is 1. The minimum absolute atomic E-state index is 0. The SMILES string of the molecule is C[Se]CC(N)C(=O)O.Cl. The fraction of sp³-hybridized carbons (Fsp3) is 0.750. The number of hydrogen-bond donors (Lipinski definition) is 2. The molecule has 3 N–H and O–H groups in total. The van der Waals surface area contributed by atoms with Gasteiger partial charge in [-0.1, -0.05) is 0 Å². The van der Waals surface area contributed by atoms with E-state index in [0.29, 0.717) is 20.3 Å². The van der Waals surface area contributed by atoms with Gasteiger partial charge in [-0.25, -0.2) is 0 Å². The van der Waals surface area contributed by atoms with Crippen LogP contribution >= 0.6 is 12.4 Å². The van der Waals surface area contributed by atoms with Crippen LogP contribution in [0.4, 0.5) is 0 Å². The summed E-state index contributed by atoms with van der Waals surface area (Å²) in [6, 6.07) is -0.639. The number of carboxylic acids is 1. The van der Waals surface area contributed by atoms with Gasteiger partial charge in [-0.05, 0) is 0 Å². The molecule has 0 amide bonds. The molecule has 0 aliphatic rings. The van der Waals surface area contributed by atoms with Crippen molar-refractivity contribution < 1.29 is 9.90 Å². The third kappa shape index (κ3) is 6.12. The summed E-state index contributed by atoms with van der Waals surface area (Å²) in [6.45, 7) is 0. The molecule has 0 fully saturated rings. The number of carbonyl (C=O) groups is 1. The molecule has 0 saturated carbocycles. The molecule has 0 radical (unpaired) electrons. The van der Waals surface area contributed by atoms with Crippen molar-refractivity contribution in [3.8, 4) is 0 Å². The van der Waals surface area contributed by atoms with Gasteiger partial charge in [-0.3, -0.25) is 0 Å². The predicted octanol–water partition coefficient (Wildman–Crippen LogP) is -0.00930. The van der Waals surface area contributed by atoms with Crippen LogP contribution in [-0.4, -0.2) is 32.1 Å². The Balaban J connectivity index is 0. The van der Waals surface area contributed by atoms with Gasteiger partial charge in [0.05, 0.1) is 0 Å². The summed E-state index contributed by atoms with van der Waals surface area (Å²) >= 11 is 0.373. The summed E-state index contributed by atoms with van der Waals surface area (Å²) in [5.74, 6) is 1.07. The van der Waals surface area contributed by atoms with Crippen molar-refractivity contribution in [1.29, 1.82) is 0 Å². The van der Waals surface area contributed by atoms with Crippen molar-refractivity contribution >= 4 is 33.3 Å². The second kappa shape index (κ2) is 6.36. The minimum atomic E-state index is -0.895. The zero-order chi connectivity index (χ0) is 6.57. The summed E-state index contributed by atoms with van der Waals surface area (Å²) in [7, 11) is 0. The first-order valence-corrected chi connectivity index (χ1v) is 5.08. The van der Waals surface area contributed by atoms with Gasteiger partial charge >= 0.3 is 53.7 Å². The molecule has 0 spiro atoms. The Morgan fingerprint density at radius 2 is 2.33 bits per heavy atom. The average molecular weight is 219 g/mol. The largest absolute Gasteiger partial charge is 0.147 e. The van der Waals surface area contributed by atoms with Crippen molar-refractivity contribution in [3.05, 3.63) is 0 Å². The van der Waals surface area contributed by atoms with Gasteiger partial charge in [0.25, 0.3) is 0 Å². The van der Waals surface area contributed by atoms with E-state index in [-0.39, 0.29) is 12.4 Å². The van der Waals surface area contributed by atoms with Gasteiger partial charge in [0.2, 0.25) is 0 Å². The van der Waals surface area contributed by atoms with Crippen molar-refractivity contribution in [1.82, 2.24) is 0 Å². The van der Waals surface area contributed by atoms with E-state index in [9.17, 15) is 4.79 Å². The van der Waals surface area contributed by atoms with Crippen molar-refractivity contribution in [2.45, 2.75) is 17.2 Å². The maximum atomic E-state index is 9.97. The van der Waals surface area contributed by atoms with Crippen LogP contribution in [0.15, 0.2) is 0 Å². The molecule has 9 heavy (non-hydrogen) atoms. The Labute approximate surface area is 66.6 Å². The number of aliphatic carboxylic acids is 1. The molecular weight excluding hydrogens is 208 g/mol. The first kappa shape index (κ1) is 12.0. The van der Waals surface area contributed by atoms with Gasteiger partial charge in [0.1, 0.15) is 0 Å². The summed E-state index contributed by atoms with van der Waals surface area (Å²) < 4.78 is 0. The van der Waals surface area contributed by atoms with Crippen LogP contribution in [0, 0.1) is 0 Å². The van der Waals surface area contributed by atoms with Crippen molar-refractivity contribution in [2.75, 3.05) is 0 Å². The molecule has 3 nitrogen and oxygen atoms in total. The van der Waals surface area contributed by atoms with E-state index in [0.717, 1.165) is 0 Å². The normalized spacial score (nSPS) is 11.8. The third-order valence-electron chi connectivity index (χ3n) is 0.663. The standard InChI is InChI=1S/C4H9NO2Se.ClH/c1-8-2-3(5)4(6)7;/h3H,2,5H2,1H3,(H,6,7);1H. The van der Waals surface area contributed by atoms with Gasteiger partial charge in [0.15, 0.2) is 0 Å². The van der Waals surface area contributed by atoms with E-state index in [4.69, 9.17) is 10.8 Å². The molecule has 1 atom stereocenters. The monoisotopic (exact) mass is 219 g/mol. The third-order valence-corrected chi connectivity index (χ3v) is 2.12. The fourth-order valence-corrected chi connectivity index (χ4v) is 1.30. The summed E-state index contributed by atoms with van der Waals surface area (Å²) in [4.78, 5) is 9.97. The summed E-state index contributed by atoms with van der Waals surface area (Å²) in [6.07, 6.45) is 0. The number of hydrogen-bond acceptors (Lipinski definition) is 2. The predicted molar refractivity (Wildman–Crippen MR) is 39.3 cm³/mol. The minimum Gasteiger partial charge on any atom is -0.147 e. The number of rotatable bonds is 3. The zero-order valence-electron chi connectivity index (χ0n) is 5.03. The van der Waals surface area contributed by atoms with Gasteiger partial charge < -0.3 is 0 Å². The van der Waals surface area contributed by atoms with Crippen LogP contribution in [0.3, 0.4) is 0 Å². The smallest absolute Gasteiger partial charge is 0.147 e. The molecule has 0 rings (SSSR count). The second-order valence-electron chi connectivity index (χ2n) is 1.40. The molecule has 1 unspecified atom stereocenters. The van der Waals surface area contributed by atoms with E-state index < -0.39 is 12.0 Å². The molecule has 0 bridgehead atoms. The Morgan fingerprint density at radius 3 is 2.44 bits per heavy atom. The Hall–Kier alpha value is 0.239. The first-order valence-electron chi connectivity index (χ1n) is 2.15. The molecule has 0 saturated heterocycles. The Kier molecular flexibility index (Phi) is 8.46. The maximum absolute atomic E-state index is 9.97. The topological polar surface area (TPSA) is 63.3 Å². The number of halogens is 1. The van der Waals surface area contributed by atoms with E-state index in [1.54, 1.807) is 0 Å². The molecular formula is C4H10ClNO2Se. The van der Waals surface area contributed by atoms with E-state index in [1.807, 2.05) is 5.82 Å². The Morgan fingerprint density at radius 1 is 1.89 bits per heavy atom. The molecule has 0 aliphatic heterocycles. The number of nitrogens with two attached hydrogens (primary N) is 1. The molecule has 0 heterocycles. The Bertz CT molecular complexity index is 90.6. The molecule has 0 aromatic carbocycles. The zero-order valence-corrected chi connectivity index (χ0v) is 7.56. The van der Waals surface area contributed by atoms with Gasteiger partial charge in [0, 0.05) is 0 Å². The first-order chi connectivity index (χ1) is 3.68. The summed E-state index contributed by atoms with van der Waals surface area (Å²) in [5, 5.41) is 8.83. The van der Waals surface area contributed by atoms with Crippen LogP contribution in [0.5, 0.6) is 0 Å². The average Bonchev–Trinajstić information content (AvgIpc) is 1.67.